The summed E-state index contributed by atoms with van der Waals surface area (Å²) >= 11 is 0. The van der Waals surface area contributed by atoms with Gasteiger partial charge in [0.05, 0.1) is 0 Å². The van der Waals surface area contributed by atoms with Crippen molar-refractivity contribution in [1.82, 2.24) is 0 Å². The van der Waals surface area contributed by atoms with Crippen LogP contribution in [0.25, 0.3) is 0 Å². The Bertz CT molecular complexity index is 441. The Morgan fingerprint density at radius 2 is 1.73 bits per heavy atom. The Kier molecular flexibility index (Phi) is 6.95. The number of carbonyl (C=O) groups excluding carboxylic acids is 1. The first kappa shape index (κ1) is 17.1. The molecule has 0 N–H and O–H groups in total. The van der Waals surface area contributed by atoms with E-state index in [0.29, 0.717) is 18.1 Å². The molecule has 0 aromatic heterocycles. The van der Waals surface area contributed by atoms with Crippen molar-refractivity contribution in [1.29, 1.82) is 0 Å². The monoisotopic (exact) mass is 302 g/mol. The Balaban J connectivity index is 1.83. The number of unbranched alkanes of at least 4 members (excludes halogenated alkanes) is 1. The zero-order valence-corrected chi connectivity index (χ0v) is 14.1. The van der Waals surface area contributed by atoms with Crippen LogP contribution in [0.15, 0.2) is 24.3 Å². The molecule has 122 valence electrons. The van der Waals surface area contributed by atoms with E-state index in [9.17, 15) is 4.79 Å². The summed E-state index contributed by atoms with van der Waals surface area (Å²) in [5.74, 6) is 2.21. The molecule has 2 heteroatoms. The third-order valence-corrected chi connectivity index (χ3v) is 4.86. The fraction of sp³-hybridized carbons (Fsp3) is 0.650. The van der Waals surface area contributed by atoms with E-state index >= 15 is 0 Å². The van der Waals surface area contributed by atoms with E-state index in [4.69, 9.17) is 4.74 Å². The van der Waals surface area contributed by atoms with E-state index in [1.165, 1.54) is 44.1 Å². The summed E-state index contributed by atoms with van der Waals surface area (Å²) in [7, 11) is 0. The summed E-state index contributed by atoms with van der Waals surface area (Å²) in [5, 5.41) is 0. The highest BCUT2D eigenvalue weighted by atomic mass is 16.5. The second kappa shape index (κ2) is 8.97. The number of ether oxygens (including phenoxy) is 1. The number of esters is 1. The van der Waals surface area contributed by atoms with Gasteiger partial charge in [0.15, 0.2) is 0 Å². The van der Waals surface area contributed by atoms with Crippen LogP contribution in [0.5, 0.6) is 5.75 Å². The van der Waals surface area contributed by atoms with Gasteiger partial charge >= 0.3 is 5.97 Å². The average Bonchev–Trinajstić information content (AvgIpc) is 2.55. The van der Waals surface area contributed by atoms with Crippen molar-refractivity contribution in [2.75, 3.05) is 0 Å². The highest BCUT2D eigenvalue weighted by Gasteiger charge is 2.21. The average molecular weight is 302 g/mol. The van der Waals surface area contributed by atoms with Gasteiger partial charge in [-0.15, -0.1) is 0 Å². The lowest BCUT2D eigenvalue weighted by Gasteiger charge is -2.28. The summed E-state index contributed by atoms with van der Waals surface area (Å²) in [6.07, 6.45) is 10.5. The molecule has 0 atom stereocenters. The minimum atomic E-state index is -0.116. The van der Waals surface area contributed by atoms with Crippen LogP contribution in [-0.2, 0) is 4.79 Å². The van der Waals surface area contributed by atoms with E-state index in [-0.39, 0.29) is 5.97 Å². The van der Waals surface area contributed by atoms with Gasteiger partial charge in [-0.05, 0) is 61.6 Å². The van der Waals surface area contributed by atoms with Crippen LogP contribution in [0, 0.1) is 5.92 Å². The van der Waals surface area contributed by atoms with Crippen molar-refractivity contribution in [2.24, 2.45) is 5.92 Å². The molecule has 1 saturated carbocycles. The van der Waals surface area contributed by atoms with Gasteiger partial charge in [-0.3, -0.25) is 4.79 Å². The van der Waals surface area contributed by atoms with Crippen molar-refractivity contribution in [3.63, 3.8) is 0 Å². The first-order valence-corrected chi connectivity index (χ1v) is 9.03. The second-order valence-corrected chi connectivity index (χ2v) is 6.65. The Morgan fingerprint density at radius 3 is 2.32 bits per heavy atom. The minimum Gasteiger partial charge on any atom is -0.427 e. The fourth-order valence-electron chi connectivity index (χ4n) is 3.50. The van der Waals surface area contributed by atoms with Gasteiger partial charge in [-0.25, -0.2) is 0 Å². The van der Waals surface area contributed by atoms with Crippen molar-refractivity contribution in [3.05, 3.63) is 29.8 Å². The number of carbonyl (C=O) groups is 1. The lowest BCUT2D eigenvalue weighted by molar-refractivity contribution is -0.134. The van der Waals surface area contributed by atoms with E-state index in [1.807, 2.05) is 12.1 Å². The fourth-order valence-corrected chi connectivity index (χ4v) is 3.50. The molecule has 0 saturated heterocycles. The van der Waals surface area contributed by atoms with Gasteiger partial charge in [-0.1, -0.05) is 45.2 Å². The van der Waals surface area contributed by atoms with Gasteiger partial charge in [0.25, 0.3) is 0 Å². The summed E-state index contributed by atoms with van der Waals surface area (Å²) in [6, 6.07) is 8.20. The summed E-state index contributed by atoms with van der Waals surface area (Å²) in [6.45, 7) is 4.37. The Hall–Kier alpha value is -1.31. The van der Waals surface area contributed by atoms with E-state index in [1.54, 1.807) is 0 Å². The first-order chi connectivity index (χ1) is 10.7. The zero-order valence-electron chi connectivity index (χ0n) is 14.1. The van der Waals surface area contributed by atoms with Gasteiger partial charge in [0.1, 0.15) is 5.75 Å². The summed E-state index contributed by atoms with van der Waals surface area (Å²) in [5.41, 5.74) is 1.41. The molecule has 1 aromatic carbocycles. The number of benzene rings is 1. The Morgan fingerprint density at radius 1 is 1.05 bits per heavy atom. The van der Waals surface area contributed by atoms with E-state index in [0.717, 1.165) is 18.8 Å². The molecule has 0 bridgehead atoms. The van der Waals surface area contributed by atoms with Crippen molar-refractivity contribution >= 4 is 5.97 Å². The summed E-state index contributed by atoms with van der Waals surface area (Å²) in [4.78, 5) is 11.6. The topological polar surface area (TPSA) is 26.3 Å². The van der Waals surface area contributed by atoms with Crippen LogP contribution >= 0.6 is 0 Å². The maximum Gasteiger partial charge on any atom is 0.311 e. The van der Waals surface area contributed by atoms with Crippen LogP contribution in [0.4, 0.5) is 0 Å². The van der Waals surface area contributed by atoms with Gasteiger partial charge in [-0.2, -0.15) is 0 Å². The molecule has 1 aromatic rings. The van der Waals surface area contributed by atoms with Gasteiger partial charge < -0.3 is 4.74 Å². The molecule has 0 amide bonds. The Labute approximate surface area is 135 Å². The normalized spacial score (nSPS) is 21.5. The molecule has 0 radical (unpaired) electrons. The molecular formula is C20H30O2. The largest absolute Gasteiger partial charge is 0.427 e. The minimum absolute atomic E-state index is 0.116. The van der Waals surface area contributed by atoms with Crippen molar-refractivity contribution in [3.8, 4) is 5.75 Å². The molecule has 1 aliphatic carbocycles. The molecular weight excluding hydrogens is 272 g/mol. The molecule has 1 aliphatic rings. The molecule has 2 nitrogen and oxygen atoms in total. The SMILES string of the molecule is CCCCC(=O)Oc1ccc(C2CCC(CCC)CC2)cc1. The number of hydrogen-bond acceptors (Lipinski definition) is 2. The number of hydrogen-bond donors (Lipinski definition) is 0. The van der Waals surface area contributed by atoms with Crippen molar-refractivity contribution in [2.45, 2.75) is 77.6 Å². The smallest absolute Gasteiger partial charge is 0.311 e. The highest BCUT2D eigenvalue weighted by Crippen LogP contribution is 2.37. The third kappa shape index (κ3) is 5.15. The molecule has 0 unspecified atom stereocenters. The standard InChI is InChI=1S/C20H30O2/c1-3-5-7-20(21)22-19-14-12-18(13-15-19)17-10-8-16(6-4-2)9-11-17/h12-17H,3-11H2,1-2H3. The lowest BCUT2D eigenvalue weighted by atomic mass is 9.77. The van der Waals surface area contributed by atoms with Crippen molar-refractivity contribution < 1.29 is 9.53 Å². The molecule has 0 spiro atoms. The third-order valence-electron chi connectivity index (χ3n) is 4.86. The maximum absolute atomic E-state index is 11.6. The molecule has 0 aliphatic heterocycles. The molecule has 22 heavy (non-hydrogen) atoms. The second-order valence-electron chi connectivity index (χ2n) is 6.65. The van der Waals surface area contributed by atoms with Crippen LogP contribution in [0.2, 0.25) is 0 Å². The zero-order chi connectivity index (χ0) is 15.8. The predicted octanol–water partition coefficient (Wildman–Crippen LogP) is 5.86. The summed E-state index contributed by atoms with van der Waals surface area (Å²) < 4.78 is 5.37. The van der Waals surface area contributed by atoms with Gasteiger partial charge in [0.2, 0.25) is 0 Å². The molecule has 0 heterocycles. The van der Waals surface area contributed by atoms with Gasteiger partial charge in [0, 0.05) is 6.42 Å². The van der Waals surface area contributed by atoms with E-state index < -0.39 is 0 Å². The van der Waals surface area contributed by atoms with Crippen LogP contribution in [-0.4, -0.2) is 5.97 Å². The highest BCUT2D eigenvalue weighted by molar-refractivity contribution is 5.72. The maximum atomic E-state index is 11.6. The molecule has 2 rings (SSSR count). The quantitative estimate of drug-likeness (QED) is 0.466. The molecule has 1 fully saturated rings. The number of rotatable bonds is 7. The van der Waals surface area contributed by atoms with E-state index in [2.05, 4.69) is 26.0 Å². The van der Waals surface area contributed by atoms with Crippen LogP contribution < -0.4 is 4.74 Å². The lowest BCUT2D eigenvalue weighted by Crippen LogP contribution is -2.13. The predicted molar refractivity (Wildman–Crippen MR) is 91.2 cm³/mol. The first-order valence-electron chi connectivity index (χ1n) is 9.03. The van der Waals surface area contributed by atoms with Crippen LogP contribution in [0.1, 0.15) is 83.1 Å². The van der Waals surface area contributed by atoms with Crippen LogP contribution in [0.3, 0.4) is 0 Å².